The Morgan fingerprint density at radius 1 is 1.42 bits per heavy atom. The summed E-state index contributed by atoms with van der Waals surface area (Å²) in [6, 6.07) is -0.531. The lowest BCUT2D eigenvalue weighted by atomic mass is 10.2. The van der Waals surface area contributed by atoms with Gasteiger partial charge in [0, 0.05) is 4.47 Å². The van der Waals surface area contributed by atoms with Crippen LogP contribution in [0, 0.1) is 12.8 Å². The number of carbonyl (C=O) groups excluding carboxylic acids is 2. The van der Waals surface area contributed by atoms with Gasteiger partial charge in [0.05, 0.1) is 15.8 Å². The van der Waals surface area contributed by atoms with Gasteiger partial charge in [-0.05, 0) is 63.1 Å². The minimum absolute atomic E-state index is 0.212. The highest BCUT2D eigenvalue weighted by Gasteiger charge is 2.38. The quantitative estimate of drug-likeness (QED) is 0.775. The molecule has 1 saturated carbocycles. The standard InChI is InChI=1S/C12H13Br2NO3S/c1-5-7(13)10(14)19-9(5)11(16)15-8(6-3-4-6)12(17)18-2/h6,8H,3-4H2,1-2H3,(H,15,16). The van der Waals surface area contributed by atoms with Crippen LogP contribution in [-0.2, 0) is 9.53 Å². The molecule has 0 radical (unpaired) electrons. The Morgan fingerprint density at radius 2 is 2.05 bits per heavy atom. The van der Waals surface area contributed by atoms with Crippen LogP contribution in [0.2, 0.25) is 0 Å². The normalized spacial score (nSPS) is 16.0. The number of amides is 1. The molecule has 1 fully saturated rings. The van der Waals surface area contributed by atoms with Gasteiger partial charge in [0.2, 0.25) is 0 Å². The maximum Gasteiger partial charge on any atom is 0.328 e. The SMILES string of the molecule is COC(=O)C(NC(=O)c1sc(Br)c(Br)c1C)C1CC1. The van der Waals surface area contributed by atoms with Crippen LogP contribution in [0.3, 0.4) is 0 Å². The van der Waals surface area contributed by atoms with Crippen LogP contribution in [0.5, 0.6) is 0 Å². The second-order valence-corrected chi connectivity index (χ2v) is 7.59. The molecule has 7 heteroatoms. The summed E-state index contributed by atoms with van der Waals surface area (Å²) < 4.78 is 6.49. The molecule has 0 spiro atoms. The smallest absolute Gasteiger partial charge is 0.328 e. The van der Waals surface area contributed by atoms with Crippen molar-refractivity contribution in [2.24, 2.45) is 5.92 Å². The molecule has 19 heavy (non-hydrogen) atoms. The molecule has 2 rings (SSSR count). The van der Waals surface area contributed by atoms with Crippen molar-refractivity contribution in [3.8, 4) is 0 Å². The first-order chi connectivity index (χ1) is 8.95. The first-order valence-corrected chi connectivity index (χ1v) is 8.19. The zero-order valence-electron chi connectivity index (χ0n) is 10.5. The minimum Gasteiger partial charge on any atom is -0.467 e. The molecule has 1 aliphatic rings. The van der Waals surface area contributed by atoms with E-state index in [1.807, 2.05) is 6.92 Å². The number of thiophene rings is 1. The van der Waals surface area contributed by atoms with E-state index in [1.54, 1.807) is 0 Å². The fourth-order valence-electron chi connectivity index (χ4n) is 1.81. The molecule has 1 aromatic heterocycles. The van der Waals surface area contributed by atoms with Crippen LogP contribution >= 0.6 is 43.2 Å². The molecule has 4 nitrogen and oxygen atoms in total. The number of hydrogen-bond donors (Lipinski definition) is 1. The highest BCUT2D eigenvalue weighted by Crippen LogP contribution is 2.37. The Kier molecular flexibility index (Phi) is 4.68. The fraction of sp³-hybridized carbons (Fsp3) is 0.500. The summed E-state index contributed by atoms with van der Waals surface area (Å²) in [4.78, 5) is 24.5. The van der Waals surface area contributed by atoms with Crippen molar-refractivity contribution in [2.45, 2.75) is 25.8 Å². The third kappa shape index (κ3) is 3.20. The predicted octanol–water partition coefficient (Wildman–Crippen LogP) is 3.26. The molecular weight excluding hydrogens is 398 g/mol. The Morgan fingerprint density at radius 3 is 2.47 bits per heavy atom. The third-order valence-electron chi connectivity index (χ3n) is 3.08. The largest absolute Gasteiger partial charge is 0.467 e. The molecule has 0 aliphatic heterocycles. The van der Waals surface area contributed by atoms with Gasteiger partial charge in [-0.25, -0.2) is 4.79 Å². The molecule has 1 N–H and O–H groups in total. The molecule has 1 atom stereocenters. The molecule has 1 aromatic rings. The first kappa shape index (κ1) is 15.0. The summed E-state index contributed by atoms with van der Waals surface area (Å²) in [7, 11) is 1.34. The molecule has 0 aromatic carbocycles. The van der Waals surface area contributed by atoms with E-state index < -0.39 is 6.04 Å². The maximum absolute atomic E-state index is 12.2. The molecule has 104 valence electrons. The topological polar surface area (TPSA) is 55.4 Å². The van der Waals surface area contributed by atoms with Crippen molar-refractivity contribution < 1.29 is 14.3 Å². The number of nitrogens with one attached hydrogen (secondary N) is 1. The lowest BCUT2D eigenvalue weighted by Gasteiger charge is -2.15. The van der Waals surface area contributed by atoms with Gasteiger partial charge in [0.1, 0.15) is 6.04 Å². The van der Waals surface area contributed by atoms with Gasteiger partial charge in [-0.2, -0.15) is 0 Å². The Labute approximate surface area is 132 Å². The van der Waals surface area contributed by atoms with Crippen LogP contribution in [-0.4, -0.2) is 25.0 Å². The minimum atomic E-state index is -0.531. The number of esters is 1. The van der Waals surface area contributed by atoms with Gasteiger partial charge >= 0.3 is 5.97 Å². The Balaban J connectivity index is 2.15. The van der Waals surface area contributed by atoms with Crippen LogP contribution in [0.4, 0.5) is 0 Å². The van der Waals surface area contributed by atoms with E-state index in [-0.39, 0.29) is 17.8 Å². The number of rotatable bonds is 4. The zero-order valence-corrected chi connectivity index (χ0v) is 14.4. The van der Waals surface area contributed by atoms with Crippen LogP contribution in [0.15, 0.2) is 8.26 Å². The molecule has 0 bridgehead atoms. The highest BCUT2D eigenvalue weighted by atomic mass is 79.9. The molecule has 1 heterocycles. The predicted molar refractivity (Wildman–Crippen MR) is 80.5 cm³/mol. The number of methoxy groups -OCH3 is 1. The summed E-state index contributed by atoms with van der Waals surface area (Å²) in [6.07, 6.45) is 1.91. The monoisotopic (exact) mass is 409 g/mol. The zero-order chi connectivity index (χ0) is 14.2. The van der Waals surface area contributed by atoms with Crippen molar-refractivity contribution in [2.75, 3.05) is 7.11 Å². The van der Waals surface area contributed by atoms with Gasteiger partial charge in [0.25, 0.3) is 5.91 Å². The van der Waals surface area contributed by atoms with E-state index in [1.165, 1.54) is 18.4 Å². The van der Waals surface area contributed by atoms with Crippen LogP contribution < -0.4 is 5.32 Å². The summed E-state index contributed by atoms with van der Waals surface area (Å²) in [6.45, 7) is 1.87. The number of carbonyl (C=O) groups is 2. The van der Waals surface area contributed by atoms with Crippen molar-refractivity contribution in [3.05, 3.63) is 18.7 Å². The van der Waals surface area contributed by atoms with E-state index in [2.05, 4.69) is 37.2 Å². The Hall–Kier alpha value is -0.400. The second kappa shape index (κ2) is 5.93. The summed E-state index contributed by atoms with van der Waals surface area (Å²) >= 11 is 8.14. The first-order valence-electron chi connectivity index (χ1n) is 5.78. The number of ether oxygens (including phenoxy) is 1. The average molecular weight is 411 g/mol. The van der Waals surface area contributed by atoms with E-state index in [4.69, 9.17) is 4.74 Å². The van der Waals surface area contributed by atoms with Crippen molar-refractivity contribution >= 4 is 55.1 Å². The molecule has 0 saturated heterocycles. The molecule has 1 amide bonds. The summed E-state index contributed by atoms with van der Waals surface area (Å²) in [5.74, 6) is -0.386. The molecule has 1 unspecified atom stereocenters. The second-order valence-electron chi connectivity index (χ2n) is 4.46. The van der Waals surface area contributed by atoms with E-state index >= 15 is 0 Å². The maximum atomic E-state index is 12.2. The van der Waals surface area contributed by atoms with E-state index in [0.29, 0.717) is 4.88 Å². The summed E-state index contributed by atoms with van der Waals surface area (Å²) in [5, 5.41) is 2.78. The Bertz CT molecular complexity index is 525. The van der Waals surface area contributed by atoms with Crippen LogP contribution in [0.1, 0.15) is 28.1 Å². The van der Waals surface area contributed by atoms with Crippen molar-refractivity contribution in [3.63, 3.8) is 0 Å². The number of hydrogen-bond acceptors (Lipinski definition) is 4. The highest BCUT2D eigenvalue weighted by molar-refractivity contribution is 9.13. The lowest BCUT2D eigenvalue weighted by Crippen LogP contribution is -2.43. The van der Waals surface area contributed by atoms with Crippen molar-refractivity contribution in [1.29, 1.82) is 0 Å². The number of halogens is 2. The molecule has 1 aliphatic carbocycles. The van der Waals surface area contributed by atoms with Gasteiger partial charge in [0.15, 0.2) is 0 Å². The van der Waals surface area contributed by atoms with Gasteiger partial charge in [-0.3, -0.25) is 4.79 Å². The van der Waals surface area contributed by atoms with E-state index in [9.17, 15) is 9.59 Å². The molecular formula is C12H13Br2NO3S. The van der Waals surface area contributed by atoms with Gasteiger partial charge in [-0.15, -0.1) is 11.3 Å². The summed E-state index contributed by atoms with van der Waals surface area (Å²) in [5.41, 5.74) is 0.869. The fourth-order valence-corrected chi connectivity index (χ4v) is 3.99. The lowest BCUT2D eigenvalue weighted by molar-refractivity contribution is -0.143. The van der Waals surface area contributed by atoms with Crippen LogP contribution in [0.25, 0.3) is 0 Å². The van der Waals surface area contributed by atoms with Gasteiger partial charge < -0.3 is 10.1 Å². The average Bonchev–Trinajstić information content (AvgIpc) is 3.19. The third-order valence-corrected chi connectivity index (χ3v) is 6.82. The van der Waals surface area contributed by atoms with Crippen molar-refractivity contribution in [1.82, 2.24) is 5.32 Å². The van der Waals surface area contributed by atoms with Gasteiger partial charge in [-0.1, -0.05) is 0 Å². The van der Waals surface area contributed by atoms with E-state index in [0.717, 1.165) is 26.7 Å².